The molecule has 2 N–H and O–H groups in total. The number of benzene rings is 2. The zero-order valence-corrected chi connectivity index (χ0v) is 14.1. The van der Waals surface area contributed by atoms with Crippen LogP contribution in [0.5, 0.6) is 5.75 Å². The van der Waals surface area contributed by atoms with Crippen LogP contribution in [0.3, 0.4) is 0 Å². The Labute approximate surface area is 145 Å². The number of aliphatic hydroxyl groups is 1. The SMILES string of the molecule is CO[C@](C)(C(=O)Nc1cccc2c1OCC[C@H]2O)c1ccccc1F. The molecule has 25 heavy (non-hydrogen) atoms. The van der Waals surface area contributed by atoms with Gasteiger partial charge in [0.2, 0.25) is 0 Å². The molecule has 0 bridgehead atoms. The number of carbonyl (C=O) groups is 1. The minimum absolute atomic E-state index is 0.140. The van der Waals surface area contributed by atoms with Crippen molar-refractivity contribution in [2.45, 2.75) is 25.0 Å². The number of aliphatic hydroxyl groups excluding tert-OH is 1. The monoisotopic (exact) mass is 345 g/mol. The van der Waals surface area contributed by atoms with Gasteiger partial charge in [-0.15, -0.1) is 0 Å². The summed E-state index contributed by atoms with van der Waals surface area (Å²) in [6, 6.07) is 11.1. The van der Waals surface area contributed by atoms with Crippen molar-refractivity contribution in [2.24, 2.45) is 0 Å². The average molecular weight is 345 g/mol. The molecule has 6 heteroatoms. The quantitative estimate of drug-likeness (QED) is 0.893. The van der Waals surface area contributed by atoms with Crippen molar-refractivity contribution in [2.75, 3.05) is 19.0 Å². The van der Waals surface area contributed by atoms with Gasteiger partial charge < -0.3 is 19.9 Å². The maximum Gasteiger partial charge on any atom is 0.261 e. The lowest BCUT2D eigenvalue weighted by Gasteiger charge is -2.29. The normalized spacial score (nSPS) is 18.6. The van der Waals surface area contributed by atoms with Crippen LogP contribution in [0.4, 0.5) is 10.1 Å². The molecular formula is C19H20FNO4. The third-order valence-electron chi connectivity index (χ3n) is 4.52. The number of anilines is 1. The minimum Gasteiger partial charge on any atom is -0.491 e. The summed E-state index contributed by atoms with van der Waals surface area (Å²) in [5.74, 6) is -0.623. The third-order valence-corrected chi connectivity index (χ3v) is 4.52. The number of nitrogens with one attached hydrogen (secondary N) is 1. The van der Waals surface area contributed by atoms with Crippen molar-refractivity contribution in [3.63, 3.8) is 0 Å². The van der Waals surface area contributed by atoms with Gasteiger partial charge in [-0.3, -0.25) is 4.79 Å². The number of rotatable bonds is 4. The number of hydrogen-bond acceptors (Lipinski definition) is 4. The summed E-state index contributed by atoms with van der Waals surface area (Å²) in [7, 11) is 1.35. The number of halogens is 1. The fourth-order valence-corrected chi connectivity index (χ4v) is 2.92. The zero-order chi connectivity index (χ0) is 18.0. The van der Waals surface area contributed by atoms with Crippen molar-refractivity contribution < 1.29 is 23.8 Å². The second-order valence-electron chi connectivity index (χ2n) is 6.05. The van der Waals surface area contributed by atoms with Gasteiger partial charge in [0.05, 0.1) is 18.4 Å². The highest BCUT2D eigenvalue weighted by Crippen LogP contribution is 2.39. The van der Waals surface area contributed by atoms with E-state index in [0.29, 0.717) is 30.0 Å². The molecule has 1 aliphatic heterocycles. The van der Waals surface area contributed by atoms with Gasteiger partial charge >= 0.3 is 0 Å². The first-order chi connectivity index (χ1) is 12.0. The summed E-state index contributed by atoms with van der Waals surface area (Å²) >= 11 is 0. The van der Waals surface area contributed by atoms with Crippen LogP contribution in [0.25, 0.3) is 0 Å². The summed E-state index contributed by atoms with van der Waals surface area (Å²) in [4.78, 5) is 12.9. The second kappa shape index (κ2) is 6.82. The number of carbonyl (C=O) groups excluding carboxylic acids is 1. The fraction of sp³-hybridized carbons (Fsp3) is 0.316. The molecule has 2 aromatic carbocycles. The van der Waals surface area contributed by atoms with Crippen LogP contribution in [0.2, 0.25) is 0 Å². The smallest absolute Gasteiger partial charge is 0.261 e. The highest BCUT2D eigenvalue weighted by atomic mass is 19.1. The minimum atomic E-state index is -1.51. The van der Waals surface area contributed by atoms with Crippen LogP contribution in [-0.4, -0.2) is 24.7 Å². The molecule has 0 spiro atoms. The molecular weight excluding hydrogens is 325 g/mol. The van der Waals surface area contributed by atoms with Gasteiger partial charge in [0.25, 0.3) is 5.91 Å². The van der Waals surface area contributed by atoms with Gasteiger partial charge in [-0.1, -0.05) is 30.3 Å². The summed E-state index contributed by atoms with van der Waals surface area (Å²) in [6.07, 6.45) is -0.143. The standard InChI is InChI=1S/C19H20FNO4/c1-19(24-2,13-7-3-4-8-14(13)20)18(23)21-15-9-5-6-12-16(22)10-11-25-17(12)15/h3-9,16,22H,10-11H2,1-2H3,(H,21,23)/t16-,19+/m1/s1. The predicted molar refractivity (Wildman–Crippen MR) is 90.9 cm³/mol. The van der Waals surface area contributed by atoms with Gasteiger partial charge in [-0.2, -0.15) is 0 Å². The maximum absolute atomic E-state index is 14.2. The molecule has 132 valence electrons. The highest BCUT2D eigenvalue weighted by Gasteiger charge is 2.38. The topological polar surface area (TPSA) is 67.8 Å². The first kappa shape index (κ1) is 17.4. The molecule has 0 aromatic heterocycles. The molecule has 1 amide bonds. The Morgan fingerprint density at radius 2 is 2.08 bits per heavy atom. The molecule has 5 nitrogen and oxygen atoms in total. The first-order valence-electron chi connectivity index (χ1n) is 8.02. The van der Waals surface area contributed by atoms with Crippen molar-refractivity contribution in [1.82, 2.24) is 0 Å². The largest absolute Gasteiger partial charge is 0.491 e. The van der Waals surface area contributed by atoms with E-state index in [0.717, 1.165) is 0 Å². The molecule has 2 atom stereocenters. The zero-order valence-electron chi connectivity index (χ0n) is 14.1. The fourth-order valence-electron chi connectivity index (χ4n) is 2.92. The van der Waals surface area contributed by atoms with Crippen LogP contribution < -0.4 is 10.1 Å². The predicted octanol–water partition coefficient (Wildman–Crippen LogP) is 3.14. The van der Waals surface area contributed by atoms with Crippen molar-refractivity contribution in [1.29, 1.82) is 0 Å². The second-order valence-corrected chi connectivity index (χ2v) is 6.05. The molecule has 0 fully saturated rings. The van der Waals surface area contributed by atoms with Crippen molar-refractivity contribution in [3.05, 3.63) is 59.4 Å². The van der Waals surface area contributed by atoms with Gasteiger partial charge in [0.15, 0.2) is 5.60 Å². The highest BCUT2D eigenvalue weighted by molar-refractivity contribution is 5.99. The first-order valence-corrected chi connectivity index (χ1v) is 8.02. The number of hydrogen-bond donors (Lipinski definition) is 2. The summed E-state index contributed by atoms with van der Waals surface area (Å²) in [5, 5.41) is 12.8. The number of para-hydroxylation sites is 1. The Balaban J connectivity index is 1.94. The lowest BCUT2D eigenvalue weighted by atomic mass is 9.93. The van der Waals surface area contributed by atoms with E-state index in [2.05, 4.69) is 5.32 Å². The number of amides is 1. The van der Waals surface area contributed by atoms with Gasteiger partial charge in [0, 0.05) is 24.7 Å². The van der Waals surface area contributed by atoms with Crippen LogP contribution in [0.15, 0.2) is 42.5 Å². The molecule has 1 heterocycles. The number of fused-ring (bicyclic) bond motifs is 1. The van der Waals surface area contributed by atoms with Crippen LogP contribution in [0, 0.1) is 5.82 Å². The summed E-state index contributed by atoms with van der Waals surface area (Å²) < 4.78 is 25.2. The lowest BCUT2D eigenvalue weighted by molar-refractivity contribution is -0.137. The number of methoxy groups -OCH3 is 1. The Hall–Kier alpha value is -2.44. The van der Waals surface area contributed by atoms with Crippen molar-refractivity contribution >= 4 is 11.6 Å². The number of ether oxygens (including phenoxy) is 2. The maximum atomic E-state index is 14.2. The lowest BCUT2D eigenvalue weighted by Crippen LogP contribution is -2.40. The molecule has 0 radical (unpaired) electrons. The van der Waals surface area contributed by atoms with Crippen LogP contribution in [-0.2, 0) is 15.1 Å². The van der Waals surface area contributed by atoms with E-state index in [1.54, 1.807) is 30.3 Å². The van der Waals surface area contributed by atoms with E-state index in [-0.39, 0.29) is 5.56 Å². The molecule has 2 aromatic rings. The van der Waals surface area contributed by atoms with E-state index in [4.69, 9.17) is 9.47 Å². The Morgan fingerprint density at radius 3 is 2.80 bits per heavy atom. The van der Waals surface area contributed by atoms with E-state index in [1.807, 2.05) is 0 Å². The molecule has 0 aliphatic carbocycles. The van der Waals surface area contributed by atoms with Crippen LogP contribution >= 0.6 is 0 Å². The van der Waals surface area contributed by atoms with E-state index in [1.165, 1.54) is 26.2 Å². The third kappa shape index (κ3) is 3.10. The molecule has 0 saturated carbocycles. The van der Waals surface area contributed by atoms with Gasteiger partial charge in [0.1, 0.15) is 11.6 Å². The average Bonchev–Trinajstić information content (AvgIpc) is 2.62. The summed E-state index contributed by atoms with van der Waals surface area (Å²) in [6.45, 7) is 1.86. The molecule has 1 aliphatic rings. The molecule has 0 unspecified atom stereocenters. The molecule has 0 saturated heterocycles. The van der Waals surface area contributed by atoms with Crippen LogP contribution in [0.1, 0.15) is 30.6 Å². The Bertz CT molecular complexity index is 795. The Kier molecular flexibility index (Phi) is 4.74. The summed E-state index contributed by atoms with van der Waals surface area (Å²) in [5.41, 5.74) is -0.336. The van der Waals surface area contributed by atoms with Crippen molar-refractivity contribution in [3.8, 4) is 5.75 Å². The Morgan fingerprint density at radius 1 is 1.32 bits per heavy atom. The molecule has 3 rings (SSSR count). The van der Waals surface area contributed by atoms with Gasteiger partial charge in [-0.25, -0.2) is 4.39 Å². The van der Waals surface area contributed by atoms with E-state index < -0.39 is 23.4 Å². The van der Waals surface area contributed by atoms with E-state index in [9.17, 15) is 14.3 Å². The van der Waals surface area contributed by atoms with Gasteiger partial charge in [-0.05, 0) is 19.1 Å². The van der Waals surface area contributed by atoms with E-state index >= 15 is 0 Å².